The number of unbranched alkanes of at least 4 members (excludes halogenated alkanes) is 1. The van der Waals surface area contributed by atoms with Crippen molar-refractivity contribution in [3.63, 3.8) is 0 Å². The Morgan fingerprint density at radius 3 is 2.87 bits per heavy atom. The summed E-state index contributed by atoms with van der Waals surface area (Å²) in [5, 5.41) is 0. The lowest BCUT2D eigenvalue weighted by Crippen LogP contribution is -2.02. The Balaban J connectivity index is 2.60. The van der Waals surface area contributed by atoms with Crippen molar-refractivity contribution in [1.29, 1.82) is 0 Å². The highest BCUT2D eigenvalue weighted by atomic mass is 16.5. The third-order valence-electron chi connectivity index (χ3n) is 2.29. The van der Waals surface area contributed by atoms with E-state index in [0.29, 0.717) is 5.92 Å². The van der Waals surface area contributed by atoms with Crippen LogP contribution in [-0.4, -0.2) is 6.61 Å². The van der Waals surface area contributed by atoms with Gasteiger partial charge < -0.3 is 4.74 Å². The molecule has 0 fully saturated rings. The zero-order valence-electron chi connectivity index (χ0n) is 10.0. The van der Waals surface area contributed by atoms with Crippen LogP contribution in [0.5, 0.6) is 5.75 Å². The Kier molecular flexibility index (Phi) is 5.23. The summed E-state index contributed by atoms with van der Waals surface area (Å²) in [5.74, 6) is 1.70. The van der Waals surface area contributed by atoms with E-state index in [-0.39, 0.29) is 0 Å². The predicted octanol–water partition coefficient (Wildman–Crippen LogP) is 3.86. The quantitative estimate of drug-likeness (QED) is 0.641. The minimum Gasteiger partial charge on any atom is -0.493 e. The van der Waals surface area contributed by atoms with Gasteiger partial charge in [-0.25, -0.2) is 0 Å². The van der Waals surface area contributed by atoms with Gasteiger partial charge in [0.05, 0.1) is 6.61 Å². The summed E-state index contributed by atoms with van der Waals surface area (Å²) >= 11 is 0. The van der Waals surface area contributed by atoms with Gasteiger partial charge in [-0.15, -0.1) is 0 Å². The molecule has 0 unspecified atom stereocenters. The first-order valence-electron chi connectivity index (χ1n) is 5.85. The smallest absolute Gasteiger partial charge is 0.122 e. The molecule has 0 aromatic heterocycles. The van der Waals surface area contributed by atoms with E-state index in [1.807, 2.05) is 18.2 Å². The van der Waals surface area contributed by atoms with Crippen molar-refractivity contribution < 1.29 is 4.74 Å². The van der Waals surface area contributed by atoms with E-state index in [1.54, 1.807) is 0 Å². The highest BCUT2D eigenvalue weighted by Crippen LogP contribution is 2.21. The molecule has 0 atom stereocenters. The normalized spacial score (nSPS) is 10.7. The maximum atomic E-state index is 5.76. The first kappa shape index (κ1) is 12.1. The van der Waals surface area contributed by atoms with Crippen LogP contribution in [0.3, 0.4) is 0 Å². The average molecular weight is 205 g/mol. The highest BCUT2D eigenvalue weighted by molar-refractivity contribution is 5.33. The molecule has 0 aliphatic heterocycles. The first-order chi connectivity index (χ1) is 7.24. The summed E-state index contributed by atoms with van der Waals surface area (Å²) < 4.78 is 5.76. The SMILES string of the molecule is CCCCOc1cc[c]cc1CC(C)C. The molecule has 0 aliphatic rings. The van der Waals surface area contributed by atoms with Crippen LogP contribution in [0, 0.1) is 12.0 Å². The van der Waals surface area contributed by atoms with Crippen molar-refractivity contribution in [3.05, 3.63) is 29.8 Å². The van der Waals surface area contributed by atoms with Gasteiger partial charge in [-0.3, -0.25) is 0 Å². The van der Waals surface area contributed by atoms with Crippen molar-refractivity contribution in [3.8, 4) is 5.75 Å². The van der Waals surface area contributed by atoms with Gasteiger partial charge >= 0.3 is 0 Å². The van der Waals surface area contributed by atoms with Gasteiger partial charge in [0.25, 0.3) is 0 Å². The molecular weight excluding hydrogens is 184 g/mol. The van der Waals surface area contributed by atoms with Crippen molar-refractivity contribution >= 4 is 0 Å². The standard InChI is InChI=1S/C14H21O/c1-4-5-10-15-14-9-7-6-8-13(14)11-12(2)3/h7-9,12H,4-5,10-11H2,1-3H3. The van der Waals surface area contributed by atoms with Crippen molar-refractivity contribution in [2.45, 2.75) is 40.0 Å². The van der Waals surface area contributed by atoms with Crippen LogP contribution in [0.4, 0.5) is 0 Å². The fourth-order valence-corrected chi connectivity index (χ4v) is 1.52. The highest BCUT2D eigenvalue weighted by Gasteiger charge is 2.04. The molecule has 0 N–H and O–H groups in total. The molecule has 0 bridgehead atoms. The Morgan fingerprint density at radius 1 is 1.40 bits per heavy atom. The molecule has 0 amide bonds. The second-order valence-corrected chi connectivity index (χ2v) is 4.33. The molecule has 1 heteroatoms. The summed E-state index contributed by atoms with van der Waals surface area (Å²) in [7, 11) is 0. The Bertz CT molecular complexity index is 278. The number of benzene rings is 1. The lowest BCUT2D eigenvalue weighted by Gasteiger charge is -2.12. The number of hydrogen-bond acceptors (Lipinski definition) is 1. The van der Waals surface area contributed by atoms with Crippen LogP contribution < -0.4 is 4.74 Å². The van der Waals surface area contributed by atoms with Crippen LogP contribution in [-0.2, 0) is 6.42 Å². The fourth-order valence-electron chi connectivity index (χ4n) is 1.52. The largest absolute Gasteiger partial charge is 0.493 e. The minimum absolute atomic E-state index is 0.661. The van der Waals surface area contributed by atoms with E-state index >= 15 is 0 Å². The molecule has 1 nitrogen and oxygen atoms in total. The van der Waals surface area contributed by atoms with E-state index in [4.69, 9.17) is 4.74 Å². The Labute approximate surface area is 93.5 Å². The van der Waals surface area contributed by atoms with Gasteiger partial charge in [0, 0.05) is 0 Å². The van der Waals surface area contributed by atoms with Crippen molar-refractivity contribution in [1.82, 2.24) is 0 Å². The van der Waals surface area contributed by atoms with Gasteiger partial charge in [-0.1, -0.05) is 33.3 Å². The lowest BCUT2D eigenvalue weighted by molar-refractivity contribution is 0.305. The third kappa shape index (κ3) is 4.37. The molecule has 0 aliphatic carbocycles. The topological polar surface area (TPSA) is 9.23 Å². The van der Waals surface area contributed by atoms with Gasteiger partial charge in [-0.05, 0) is 42.5 Å². The number of hydrogen-bond donors (Lipinski definition) is 0. The van der Waals surface area contributed by atoms with Crippen LogP contribution in [0.25, 0.3) is 0 Å². The van der Waals surface area contributed by atoms with E-state index in [1.165, 1.54) is 12.0 Å². The zero-order chi connectivity index (χ0) is 11.1. The molecule has 1 aromatic carbocycles. The lowest BCUT2D eigenvalue weighted by atomic mass is 10.0. The van der Waals surface area contributed by atoms with Gasteiger partial charge in [0.15, 0.2) is 0 Å². The van der Waals surface area contributed by atoms with Gasteiger partial charge in [0.1, 0.15) is 5.75 Å². The van der Waals surface area contributed by atoms with Crippen molar-refractivity contribution in [2.24, 2.45) is 5.92 Å². The monoisotopic (exact) mass is 205 g/mol. The molecule has 0 saturated heterocycles. The summed E-state index contributed by atoms with van der Waals surface area (Å²) in [5.41, 5.74) is 1.28. The van der Waals surface area contributed by atoms with E-state index in [2.05, 4.69) is 26.8 Å². The predicted molar refractivity (Wildman–Crippen MR) is 64.2 cm³/mol. The summed E-state index contributed by atoms with van der Waals surface area (Å²) in [4.78, 5) is 0. The minimum atomic E-state index is 0.661. The second kappa shape index (κ2) is 6.49. The molecule has 1 rings (SSSR count). The van der Waals surface area contributed by atoms with Crippen LogP contribution in [0.15, 0.2) is 18.2 Å². The summed E-state index contributed by atoms with van der Waals surface area (Å²) in [6.07, 6.45) is 3.37. The van der Waals surface area contributed by atoms with Crippen LogP contribution in [0.1, 0.15) is 39.2 Å². The van der Waals surface area contributed by atoms with Crippen LogP contribution in [0.2, 0.25) is 0 Å². The van der Waals surface area contributed by atoms with Crippen LogP contribution >= 0.6 is 0 Å². The average Bonchev–Trinajstić information content (AvgIpc) is 2.20. The number of ether oxygens (including phenoxy) is 1. The van der Waals surface area contributed by atoms with E-state index in [9.17, 15) is 0 Å². The Hall–Kier alpha value is -0.980. The molecule has 1 radical (unpaired) electrons. The molecule has 15 heavy (non-hydrogen) atoms. The maximum absolute atomic E-state index is 5.76. The molecule has 1 aromatic rings. The van der Waals surface area contributed by atoms with E-state index < -0.39 is 0 Å². The van der Waals surface area contributed by atoms with Gasteiger partial charge in [-0.2, -0.15) is 0 Å². The molecule has 0 spiro atoms. The maximum Gasteiger partial charge on any atom is 0.122 e. The molecule has 0 heterocycles. The first-order valence-corrected chi connectivity index (χ1v) is 5.85. The molecular formula is C14H21O. The summed E-state index contributed by atoms with van der Waals surface area (Å²) in [6.45, 7) is 7.45. The van der Waals surface area contributed by atoms with Crippen molar-refractivity contribution in [2.75, 3.05) is 6.61 Å². The van der Waals surface area contributed by atoms with E-state index in [0.717, 1.165) is 25.2 Å². The second-order valence-electron chi connectivity index (χ2n) is 4.33. The third-order valence-corrected chi connectivity index (χ3v) is 2.29. The molecule has 83 valence electrons. The summed E-state index contributed by atoms with van der Waals surface area (Å²) in [6, 6.07) is 9.10. The Morgan fingerprint density at radius 2 is 2.20 bits per heavy atom. The number of rotatable bonds is 6. The van der Waals surface area contributed by atoms with Gasteiger partial charge in [0.2, 0.25) is 0 Å². The fraction of sp³-hybridized carbons (Fsp3) is 0.571. The molecule has 0 saturated carbocycles. The zero-order valence-corrected chi connectivity index (χ0v) is 10.0.